The van der Waals surface area contributed by atoms with Crippen molar-refractivity contribution in [3.8, 4) is 0 Å². The van der Waals surface area contributed by atoms with Crippen LogP contribution in [0.4, 0.5) is 13.2 Å². The summed E-state index contributed by atoms with van der Waals surface area (Å²) in [5.74, 6) is -1.57. The van der Waals surface area contributed by atoms with E-state index in [4.69, 9.17) is 11.6 Å². The molecule has 0 aromatic heterocycles. The van der Waals surface area contributed by atoms with Gasteiger partial charge in [0, 0.05) is 0 Å². The highest BCUT2D eigenvalue weighted by atomic mass is 35.5. The highest BCUT2D eigenvalue weighted by Gasteiger charge is 2.62. The van der Waals surface area contributed by atoms with Gasteiger partial charge in [0.1, 0.15) is 5.03 Å². The van der Waals surface area contributed by atoms with Crippen LogP contribution in [0.1, 0.15) is 13.8 Å². The van der Waals surface area contributed by atoms with Crippen molar-refractivity contribution in [2.75, 3.05) is 7.11 Å². The molecule has 1 saturated carbocycles. The molecule has 0 heterocycles. The predicted octanol–water partition coefficient (Wildman–Crippen LogP) is 3.12. The van der Waals surface area contributed by atoms with Gasteiger partial charge in [0.2, 0.25) is 0 Å². The number of hydrogen-bond acceptors (Lipinski definition) is 2. The van der Waals surface area contributed by atoms with Crippen LogP contribution >= 0.6 is 11.6 Å². The molecule has 0 saturated heterocycles. The Balaban J connectivity index is 2.83. The van der Waals surface area contributed by atoms with E-state index in [2.05, 4.69) is 4.74 Å². The third-order valence-electron chi connectivity index (χ3n) is 2.96. The van der Waals surface area contributed by atoms with Crippen molar-refractivity contribution in [2.45, 2.75) is 20.0 Å². The van der Waals surface area contributed by atoms with E-state index in [0.717, 1.165) is 6.08 Å². The summed E-state index contributed by atoms with van der Waals surface area (Å²) in [4.78, 5) is 11.3. The first-order valence-corrected chi connectivity index (χ1v) is 5.02. The molecular weight excluding hydrogens is 245 g/mol. The summed E-state index contributed by atoms with van der Waals surface area (Å²) in [5.41, 5.74) is -0.529. The van der Waals surface area contributed by atoms with Gasteiger partial charge in [0.05, 0.1) is 13.0 Å². The Bertz CT molecular complexity index is 333. The monoisotopic (exact) mass is 256 g/mol. The first kappa shape index (κ1) is 13.4. The third kappa shape index (κ3) is 2.34. The first-order valence-electron chi connectivity index (χ1n) is 4.64. The lowest BCUT2D eigenvalue weighted by molar-refractivity contribution is -0.143. The number of halogens is 4. The van der Waals surface area contributed by atoms with Gasteiger partial charge in [-0.3, -0.25) is 4.79 Å². The zero-order valence-corrected chi connectivity index (χ0v) is 9.82. The Morgan fingerprint density at radius 1 is 1.44 bits per heavy atom. The quantitative estimate of drug-likeness (QED) is 0.710. The maximum atomic E-state index is 12.2. The molecular formula is C10H12ClF3O2. The number of carbonyl (C=O) groups excluding carboxylic acids is 1. The zero-order chi connectivity index (χ0) is 12.7. The minimum atomic E-state index is -4.55. The molecule has 2 atom stereocenters. The summed E-state index contributed by atoms with van der Waals surface area (Å²) in [6.45, 7) is 3.41. The topological polar surface area (TPSA) is 26.3 Å². The van der Waals surface area contributed by atoms with Gasteiger partial charge in [-0.2, -0.15) is 13.2 Å². The average Bonchev–Trinajstić information content (AvgIpc) is 2.65. The van der Waals surface area contributed by atoms with E-state index in [1.165, 1.54) is 7.11 Å². The van der Waals surface area contributed by atoms with E-state index in [0.29, 0.717) is 0 Å². The molecule has 2 nitrogen and oxygen atoms in total. The standard InChI is InChI=1S/C10H12ClF3O2/c1-9(2)5(7(9)8(15)16-3)4-6(11)10(12,13)14/h4-5,7H,1-3H3/b6-4+. The van der Waals surface area contributed by atoms with Gasteiger partial charge in [-0.1, -0.05) is 31.5 Å². The minimum Gasteiger partial charge on any atom is -0.469 e. The summed E-state index contributed by atoms with van der Waals surface area (Å²) in [5, 5.41) is -1.18. The van der Waals surface area contributed by atoms with E-state index in [1.54, 1.807) is 13.8 Å². The summed E-state index contributed by atoms with van der Waals surface area (Å²) in [6, 6.07) is 0. The first-order chi connectivity index (χ1) is 7.12. The second kappa shape index (κ2) is 3.95. The number of carbonyl (C=O) groups is 1. The lowest BCUT2D eigenvalue weighted by atomic mass is 10.1. The highest BCUT2D eigenvalue weighted by molar-refractivity contribution is 6.30. The minimum absolute atomic E-state index is 0.502. The molecule has 2 unspecified atom stereocenters. The summed E-state index contributed by atoms with van der Waals surface area (Å²) >= 11 is 5.12. The van der Waals surface area contributed by atoms with Gasteiger partial charge >= 0.3 is 12.1 Å². The second-order valence-corrected chi connectivity index (χ2v) is 4.77. The van der Waals surface area contributed by atoms with Crippen LogP contribution in [0.25, 0.3) is 0 Å². The molecule has 1 aliphatic rings. The fourth-order valence-electron chi connectivity index (χ4n) is 1.82. The number of hydrogen-bond donors (Lipinski definition) is 0. The van der Waals surface area contributed by atoms with Gasteiger partial charge in [-0.05, 0) is 11.3 Å². The van der Waals surface area contributed by atoms with Gasteiger partial charge in [-0.25, -0.2) is 0 Å². The molecule has 1 fully saturated rings. The van der Waals surface area contributed by atoms with E-state index in [-0.39, 0.29) is 0 Å². The van der Waals surface area contributed by atoms with Crippen LogP contribution in [0.2, 0.25) is 0 Å². The number of allylic oxidation sites excluding steroid dienone is 2. The number of rotatable bonds is 2. The second-order valence-electron chi connectivity index (χ2n) is 4.36. The Morgan fingerprint density at radius 3 is 2.31 bits per heavy atom. The Hall–Kier alpha value is -0.710. The van der Waals surface area contributed by atoms with Gasteiger partial charge in [0.25, 0.3) is 0 Å². The molecule has 6 heteroatoms. The van der Waals surface area contributed by atoms with Crippen molar-refractivity contribution in [1.29, 1.82) is 0 Å². The van der Waals surface area contributed by atoms with E-state index in [9.17, 15) is 18.0 Å². The molecule has 1 aliphatic carbocycles. The number of alkyl halides is 3. The van der Waals surface area contributed by atoms with Gasteiger partial charge in [-0.15, -0.1) is 0 Å². The summed E-state index contributed by atoms with van der Waals surface area (Å²) in [6.07, 6.45) is -3.66. The fourth-order valence-corrected chi connectivity index (χ4v) is 1.95. The molecule has 16 heavy (non-hydrogen) atoms. The van der Waals surface area contributed by atoms with Crippen molar-refractivity contribution in [2.24, 2.45) is 17.3 Å². The van der Waals surface area contributed by atoms with Crippen LogP contribution < -0.4 is 0 Å². The highest BCUT2D eigenvalue weighted by Crippen LogP contribution is 2.60. The summed E-state index contributed by atoms with van der Waals surface area (Å²) in [7, 11) is 1.21. The third-order valence-corrected chi connectivity index (χ3v) is 3.30. The molecule has 0 bridgehead atoms. The molecule has 0 spiro atoms. The van der Waals surface area contributed by atoms with Crippen LogP contribution in [0.5, 0.6) is 0 Å². The van der Waals surface area contributed by atoms with Crippen LogP contribution in [0, 0.1) is 17.3 Å². The summed E-state index contributed by atoms with van der Waals surface area (Å²) < 4.78 is 41.1. The normalized spacial score (nSPS) is 28.8. The average molecular weight is 257 g/mol. The Kier molecular flexibility index (Phi) is 3.29. The lowest BCUT2D eigenvalue weighted by Crippen LogP contribution is -2.08. The molecule has 0 N–H and O–H groups in total. The smallest absolute Gasteiger partial charge is 0.426 e. The Morgan fingerprint density at radius 2 is 1.94 bits per heavy atom. The predicted molar refractivity (Wildman–Crippen MR) is 52.8 cm³/mol. The number of esters is 1. The largest absolute Gasteiger partial charge is 0.469 e. The van der Waals surface area contributed by atoms with E-state index in [1.807, 2.05) is 0 Å². The maximum Gasteiger partial charge on any atom is 0.426 e. The maximum absolute atomic E-state index is 12.2. The van der Waals surface area contributed by atoms with Crippen molar-refractivity contribution >= 4 is 17.6 Å². The van der Waals surface area contributed by atoms with Crippen LogP contribution in [-0.2, 0) is 9.53 Å². The van der Waals surface area contributed by atoms with Crippen LogP contribution in [-0.4, -0.2) is 19.3 Å². The van der Waals surface area contributed by atoms with E-state index >= 15 is 0 Å². The lowest BCUT2D eigenvalue weighted by Gasteiger charge is -2.04. The molecule has 92 valence electrons. The van der Waals surface area contributed by atoms with Crippen LogP contribution in [0.15, 0.2) is 11.1 Å². The zero-order valence-electron chi connectivity index (χ0n) is 9.06. The molecule has 1 rings (SSSR count). The number of ether oxygens (including phenoxy) is 1. The fraction of sp³-hybridized carbons (Fsp3) is 0.700. The molecule has 0 radical (unpaired) electrons. The van der Waals surface area contributed by atoms with Crippen molar-refractivity contribution in [3.05, 3.63) is 11.1 Å². The molecule has 0 aromatic rings. The van der Waals surface area contributed by atoms with Crippen LogP contribution in [0.3, 0.4) is 0 Å². The SMILES string of the molecule is COC(=O)C1C(/C=C(/Cl)C(F)(F)F)C1(C)C. The van der Waals surface area contributed by atoms with Crippen molar-refractivity contribution in [3.63, 3.8) is 0 Å². The van der Waals surface area contributed by atoms with Crippen molar-refractivity contribution < 1.29 is 22.7 Å². The van der Waals surface area contributed by atoms with E-state index < -0.39 is 34.4 Å². The Labute approximate surface area is 96.4 Å². The molecule has 0 amide bonds. The van der Waals surface area contributed by atoms with Gasteiger partial charge < -0.3 is 4.74 Å². The van der Waals surface area contributed by atoms with Gasteiger partial charge in [0.15, 0.2) is 0 Å². The van der Waals surface area contributed by atoms with Crippen molar-refractivity contribution in [1.82, 2.24) is 0 Å². The molecule has 0 aliphatic heterocycles. The number of methoxy groups -OCH3 is 1. The molecule has 0 aromatic carbocycles.